The molecule has 34 heavy (non-hydrogen) atoms. The van der Waals surface area contributed by atoms with Gasteiger partial charge in [0.1, 0.15) is 17.8 Å². The number of ether oxygens (including phenoxy) is 1. The Balaban J connectivity index is 1.41. The van der Waals surface area contributed by atoms with Crippen molar-refractivity contribution in [3.05, 3.63) is 77.0 Å². The molecule has 0 atom stereocenters. The zero-order valence-electron chi connectivity index (χ0n) is 18.8. The summed E-state index contributed by atoms with van der Waals surface area (Å²) in [6.07, 6.45) is 7.73. The van der Waals surface area contributed by atoms with E-state index in [-0.39, 0.29) is 11.6 Å². The number of halogens is 1. The Morgan fingerprint density at radius 1 is 1.12 bits per heavy atom. The maximum Gasteiger partial charge on any atom is 0.224 e. The molecule has 0 aliphatic carbocycles. The molecule has 0 radical (unpaired) electrons. The van der Waals surface area contributed by atoms with Crippen LogP contribution < -0.4 is 5.32 Å². The summed E-state index contributed by atoms with van der Waals surface area (Å²) in [6, 6.07) is 7.26. The minimum absolute atomic E-state index is 0.0926. The molecule has 1 aliphatic heterocycles. The van der Waals surface area contributed by atoms with Crippen molar-refractivity contribution < 1.29 is 13.9 Å². The lowest BCUT2D eigenvalue weighted by Gasteiger charge is -2.23. The molecule has 0 bridgehead atoms. The van der Waals surface area contributed by atoms with Crippen molar-refractivity contribution in [2.45, 2.75) is 38.6 Å². The molecule has 5 heterocycles. The number of nitrogens with zero attached hydrogens (tertiary/aromatic N) is 4. The van der Waals surface area contributed by atoms with E-state index in [1.807, 2.05) is 19.1 Å². The monoisotopic (exact) mass is 460 g/mol. The molecular weight excluding hydrogens is 435 g/mol. The topological polar surface area (TPSA) is 106 Å². The number of aromatic nitrogens is 5. The molecule has 0 aromatic carbocycles. The summed E-state index contributed by atoms with van der Waals surface area (Å²) in [4.78, 5) is 33.3. The van der Waals surface area contributed by atoms with Gasteiger partial charge in [0.2, 0.25) is 5.95 Å². The van der Waals surface area contributed by atoms with Crippen molar-refractivity contribution in [1.82, 2.24) is 24.9 Å². The number of aryl methyl sites for hydroxylation is 1. The second kappa shape index (κ2) is 9.64. The Hall–Kier alpha value is -3.72. The highest BCUT2D eigenvalue weighted by atomic mass is 19.1. The lowest BCUT2D eigenvalue weighted by Crippen LogP contribution is -2.28. The number of nitrogens with one attached hydrogen (secondary N) is 2. The van der Waals surface area contributed by atoms with Gasteiger partial charge < -0.3 is 15.0 Å². The predicted molar refractivity (Wildman–Crippen MR) is 125 cm³/mol. The van der Waals surface area contributed by atoms with E-state index in [0.717, 1.165) is 30.5 Å². The van der Waals surface area contributed by atoms with Crippen LogP contribution in [0.15, 0.2) is 43.0 Å². The van der Waals surface area contributed by atoms with E-state index in [2.05, 4.69) is 30.2 Å². The highest BCUT2D eigenvalue weighted by Gasteiger charge is 2.23. The molecule has 4 aromatic heterocycles. The lowest BCUT2D eigenvalue weighted by atomic mass is 10.0. The quantitative estimate of drug-likeness (QED) is 0.319. The van der Waals surface area contributed by atoms with Crippen LogP contribution in [0, 0.1) is 5.95 Å². The molecule has 0 amide bonds. The summed E-state index contributed by atoms with van der Waals surface area (Å²) < 4.78 is 20.4. The van der Waals surface area contributed by atoms with Gasteiger partial charge in [-0.15, -0.1) is 0 Å². The van der Waals surface area contributed by atoms with Crippen molar-refractivity contribution in [1.29, 1.82) is 0 Å². The average Bonchev–Trinajstić information content (AvgIpc) is 3.30. The van der Waals surface area contributed by atoms with Crippen LogP contribution in [0.4, 0.5) is 10.2 Å². The first-order valence-corrected chi connectivity index (χ1v) is 11.4. The molecule has 0 saturated carbocycles. The van der Waals surface area contributed by atoms with Crippen LogP contribution in [-0.2, 0) is 17.6 Å². The third kappa shape index (κ3) is 4.51. The SMILES string of the molecule is CCc1ccc(Cc2ccc(C(=O)c3c[nH]c4ncnc(NC5CCOCC5)c34)c(F)n2)cn1. The van der Waals surface area contributed by atoms with Crippen LogP contribution in [0.3, 0.4) is 0 Å². The number of aromatic amines is 1. The normalized spacial score (nSPS) is 14.4. The van der Waals surface area contributed by atoms with Gasteiger partial charge in [0.05, 0.1) is 16.5 Å². The number of rotatable bonds is 7. The van der Waals surface area contributed by atoms with E-state index >= 15 is 0 Å². The van der Waals surface area contributed by atoms with Gasteiger partial charge in [-0.25, -0.2) is 15.0 Å². The standard InChI is InChI=1S/C25H25FN6O2/c1-2-16-4-3-15(12-27-16)11-18-5-6-19(23(26)31-18)22(33)20-13-28-24-21(20)25(30-14-29-24)32-17-7-9-34-10-8-17/h3-6,12-14,17H,2,7-11H2,1H3,(H2,28,29,30,32). The Kier molecular flexibility index (Phi) is 6.27. The Morgan fingerprint density at radius 2 is 1.94 bits per heavy atom. The summed E-state index contributed by atoms with van der Waals surface area (Å²) in [5.41, 5.74) is 3.19. The summed E-state index contributed by atoms with van der Waals surface area (Å²) in [5.74, 6) is -0.720. The first-order chi connectivity index (χ1) is 16.6. The number of hydrogen-bond acceptors (Lipinski definition) is 7. The fourth-order valence-corrected chi connectivity index (χ4v) is 4.15. The molecule has 1 saturated heterocycles. The minimum Gasteiger partial charge on any atom is -0.381 e. The summed E-state index contributed by atoms with van der Waals surface area (Å²) in [7, 11) is 0. The molecule has 9 heteroatoms. The van der Waals surface area contributed by atoms with Crippen molar-refractivity contribution >= 4 is 22.6 Å². The highest BCUT2D eigenvalue weighted by Crippen LogP contribution is 2.27. The minimum atomic E-state index is -0.800. The number of ketones is 1. The molecular formula is C25H25FN6O2. The number of fused-ring (bicyclic) bond motifs is 1. The van der Waals surface area contributed by atoms with Gasteiger partial charge in [0.15, 0.2) is 5.78 Å². The number of carbonyl (C=O) groups excluding carboxylic acids is 1. The number of pyridine rings is 2. The summed E-state index contributed by atoms with van der Waals surface area (Å²) in [5, 5.41) is 3.94. The van der Waals surface area contributed by atoms with Crippen molar-refractivity contribution in [2.24, 2.45) is 0 Å². The predicted octanol–water partition coefficient (Wildman–Crippen LogP) is 3.86. The van der Waals surface area contributed by atoms with E-state index in [0.29, 0.717) is 47.7 Å². The van der Waals surface area contributed by atoms with Crippen LogP contribution in [0.1, 0.15) is 52.6 Å². The fraction of sp³-hybridized carbons (Fsp3) is 0.320. The fourth-order valence-electron chi connectivity index (χ4n) is 4.15. The van der Waals surface area contributed by atoms with Gasteiger partial charge in [-0.3, -0.25) is 9.78 Å². The summed E-state index contributed by atoms with van der Waals surface area (Å²) in [6.45, 7) is 3.39. The third-order valence-corrected chi connectivity index (χ3v) is 6.06. The number of hydrogen-bond donors (Lipinski definition) is 2. The molecule has 174 valence electrons. The van der Waals surface area contributed by atoms with Gasteiger partial charge >= 0.3 is 0 Å². The Labute approximate surface area is 196 Å². The maximum atomic E-state index is 15.0. The molecule has 1 fully saturated rings. The molecule has 2 N–H and O–H groups in total. The average molecular weight is 461 g/mol. The van der Waals surface area contributed by atoms with Gasteiger partial charge in [0.25, 0.3) is 0 Å². The first kappa shape index (κ1) is 22.1. The third-order valence-electron chi connectivity index (χ3n) is 6.06. The van der Waals surface area contributed by atoms with E-state index in [4.69, 9.17) is 4.74 Å². The van der Waals surface area contributed by atoms with Crippen LogP contribution in [0.2, 0.25) is 0 Å². The van der Waals surface area contributed by atoms with Crippen LogP contribution in [0.5, 0.6) is 0 Å². The Morgan fingerprint density at radius 3 is 2.68 bits per heavy atom. The second-order valence-corrected chi connectivity index (χ2v) is 8.34. The van der Waals surface area contributed by atoms with Crippen molar-refractivity contribution in [2.75, 3.05) is 18.5 Å². The molecule has 1 aliphatic rings. The van der Waals surface area contributed by atoms with Crippen molar-refractivity contribution in [3.63, 3.8) is 0 Å². The highest BCUT2D eigenvalue weighted by molar-refractivity contribution is 6.18. The van der Waals surface area contributed by atoms with Gasteiger partial charge in [-0.05, 0) is 43.0 Å². The van der Waals surface area contributed by atoms with E-state index in [1.165, 1.54) is 12.4 Å². The van der Waals surface area contributed by atoms with E-state index < -0.39 is 11.7 Å². The number of carbonyl (C=O) groups is 1. The van der Waals surface area contributed by atoms with E-state index in [1.54, 1.807) is 18.5 Å². The molecule has 0 unspecified atom stereocenters. The van der Waals surface area contributed by atoms with Gasteiger partial charge in [0, 0.05) is 49.5 Å². The lowest BCUT2D eigenvalue weighted by molar-refractivity contribution is 0.0904. The zero-order chi connectivity index (χ0) is 23.5. The zero-order valence-corrected chi connectivity index (χ0v) is 18.8. The second-order valence-electron chi connectivity index (χ2n) is 8.34. The van der Waals surface area contributed by atoms with Crippen LogP contribution in [-0.4, -0.2) is 50.0 Å². The number of anilines is 1. The van der Waals surface area contributed by atoms with Crippen molar-refractivity contribution in [3.8, 4) is 0 Å². The largest absolute Gasteiger partial charge is 0.381 e. The number of H-pyrrole nitrogens is 1. The summed E-state index contributed by atoms with van der Waals surface area (Å²) >= 11 is 0. The van der Waals surface area contributed by atoms with Gasteiger partial charge in [-0.1, -0.05) is 13.0 Å². The molecule has 4 aromatic rings. The van der Waals surface area contributed by atoms with Gasteiger partial charge in [-0.2, -0.15) is 4.39 Å². The van der Waals surface area contributed by atoms with Crippen LogP contribution in [0.25, 0.3) is 11.0 Å². The van der Waals surface area contributed by atoms with Crippen LogP contribution >= 0.6 is 0 Å². The first-order valence-electron chi connectivity index (χ1n) is 11.4. The van der Waals surface area contributed by atoms with E-state index in [9.17, 15) is 9.18 Å². The molecule has 8 nitrogen and oxygen atoms in total. The molecule has 0 spiro atoms. The smallest absolute Gasteiger partial charge is 0.224 e. The Bertz CT molecular complexity index is 1310. The maximum absolute atomic E-state index is 15.0. The molecule has 5 rings (SSSR count).